The van der Waals surface area contributed by atoms with Crippen molar-refractivity contribution in [1.82, 2.24) is 8.80 Å². The van der Waals surface area contributed by atoms with Crippen LogP contribution in [0.25, 0.3) is 66.7 Å². The van der Waals surface area contributed by atoms with E-state index in [2.05, 4.69) is 179 Å². The van der Waals surface area contributed by atoms with Gasteiger partial charge in [0.2, 0.25) is 0 Å². The number of allylic oxidation sites excluding steroid dienone is 1. The van der Waals surface area contributed by atoms with E-state index in [1.54, 1.807) is 0 Å². The highest BCUT2D eigenvalue weighted by molar-refractivity contribution is 6.22. The van der Waals surface area contributed by atoms with Gasteiger partial charge in [0.15, 0.2) is 0 Å². The molecule has 0 amide bonds. The lowest BCUT2D eigenvalue weighted by molar-refractivity contribution is 1.24. The predicted molar refractivity (Wildman–Crippen MR) is 198 cm³/mol. The lowest BCUT2D eigenvalue weighted by atomic mass is 10.1. The minimum Gasteiger partial charge on any atom is -0.310 e. The highest BCUT2D eigenvalue weighted by atomic mass is 15.1. The van der Waals surface area contributed by atoms with E-state index >= 15 is 0 Å². The maximum atomic E-state index is 4.33. The number of hydrogen-bond acceptors (Lipinski definition) is 1. The molecule has 3 aromatic heterocycles. The van der Waals surface area contributed by atoms with Crippen LogP contribution in [0.3, 0.4) is 0 Å². The molecule has 3 nitrogen and oxygen atoms in total. The van der Waals surface area contributed by atoms with Gasteiger partial charge in [0.25, 0.3) is 0 Å². The normalized spacial score (nSPS) is 12.0. The minimum atomic E-state index is 1.10. The molecule has 0 aliphatic carbocycles. The van der Waals surface area contributed by atoms with Crippen molar-refractivity contribution in [3.05, 3.63) is 163 Å². The van der Waals surface area contributed by atoms with Gasteiger partial charge >= 0.3 is 0 Å². The van der Waals surface area contributed by atoms with Gasteiger partial charge in [-0.25, -0.2) is 0 Å². The smallest absolute Gasteiger partial charge is 0.0789 e. The van der Waals surface area contributed by atoms with Crippen LogP contribution in [-0.2, 0) is 0 Å². The van der Waals surface area contributed by atoms with Crippen LogP contribution in [0.2, 0.25) is 0 Å². The molecule has 0 aliphatic rings. The Morgan fingerprint density at radius 1 is 0.500 bits per heavy atom. The lowest BCUT2D eigenvalue weighted by Crippen LogP contribution is -2.09. The molecule has 3 heterocycles. The second-order valence-corrected chi connectivity index (χ2v) is 11.8. The van der Waals surface area contributed by atoms with Crippen LogP contribution in [0.15, 0.2) is 152 Å². The fraction of sp³-hybridized carbons (Fsp3) is 0.0233. The summed E-state index contributed by atoms with van der Waals surface area (Å²) in [6.45, 7) is 6.41. The third kappa shape index (κ3) is 3.66. The van der Waals surface area contributed by atoms with Crippen LogP contribution in [0, 0.1) is 0 Å². The summed E-state index contributed by atoms with van der Waals surface area (Å²) in [5, 5.41) is 6.06. The van der Waals surface area contributed by atoms with Gasteiger partial charge in [-0.15, -0.1) is 0 Å². The number of hydrogen-bond donors (Lipinski definition) is 0. The molecule has 0 saturated heterocycles. The van der Waals surface area contributed by atoms with E-state index in [0.29, 0.717) is 0 Å². The van der Waals surface area contributed by atoms with Crippen molar-refractivity contribution >= 4 is 83.7 Å². The van der Waals surface area contributed by atoms with Gasteiger partial charge in [0.1, 0.15) is 0 Å². The molecule has 0 spiro atoms. The number of rotatable bonds is 5. The molecule has 0 atom stereocenters. The van der Waals surface area contributed by atoms with Crippen LogP contribution in [-0.4, -0.2) is 8.80 Å². The number of para-hydroxylation sites is 4. The van der Waals surface area contributed by atoms with Gasteiger partial charge in [0, 0.05) is 49.6 Å². The summed E-state index contributed by atoms with van der Waals surface area (Å²) in [5.41, 5.74) is 11.5. The Hall–Kier alpha value is -6.06. The fourth-order valence-electron chi connectivity index (χ4n) is 7.48. The molecule has 9 rings (SSSR count). The lowest BCUT2D eigenvalue weighted by Gasteiger charge is -2.26. The summed E-state index contributed by atoms with van der Waals surface area (Å²) >= 11 is 0. The van der Waals surface area contributed by atoms with Gasteiger partial charge in [-0.3, -0.25) is 0 Å². The third-order valence-electron chi connectivity index (χ3n) is 9.31. The molecule has 6 aromatic carbocycles. The van der Waals surface area contributed by atoms with Crippen molar-refractivity contribution in [3.63, 3.8) is 0 Å². The van der Waals surface area contributed by atoms with Gasteiger partial charge in [-0.05, 0) is 67.6 Å². The number of nitrogens with zero attached hydrogens (tertiary/aromatic N) is 3. The van der Waals surface area contributed by atoms with Crippen molar-refractivity contribution in [2.75, 3.05) is 4.90 Å². The monoisotopic (exact) mass is 589 g/mol. The molecule has 46 heavy (non-hydrogen) atoms. The summed E-state index contributed by atoms with van der Waals surface area (Å²) in [7, 11) is 0. The Balaban J connectivity index is 1.55. The van der Waals surface area contributed by atoms with E-state index in [0.717, 1.165) is 33.8 Å². The first-order chi connectivity index (χ1) is 22.8. The van der Waals surface area contributed by atoms with E-state index < -0.39 is 0 Å². The molecular weight excluding hydrogens is 558 g/mol. The third-order valence-corrected chi connectivity index (χ3v) is 9.31. The fourth-order valence-corrected chi connectivity index (χ4v) is 7.48. The van der Waals surface area contributed by atoms with Crippen LogP contribution in [0.5, 0.6) is 0 Å². The molecular formula is C43H31N3. The van der Waals surface area contributed by atoms with E-state index in [1.165, 1.54) is 49.0 Å². The maximum Gasteiger partial charge on any atom is 0.0789 e. The van der Waals surface area contributed by atoms with Crippen molar-refractivity contribution in [3.8, 4) is 0 Å². The first-order valence-electron chi connectivity index (χ1n) is 15.8. The topological polar surface area (TPSA) is 12.1 Å². The Labute approximate surface area is 267 Å². The Morgan fingerprint density at radius 3 is 1.70 bits per heavy atom. The van der Waals surface area contributed by atoms with Gasteiger partial charge in [-0.2, -0.15) is 0 Å². The number of aromatic nitrogens is 2. The highest BCUT2D eigenvalue weighted by Crippen LogP contribution is 2.43. The van der Waals surface area contributed by atoms with Gasteiger partial charge < -0.3 is 13.7 Å². The maximum absolute atomic E-state index is 4.33. The van der Waals surface area contributed by atoms with Crippen LogP contribution in [0.1, 0.15) is 18.2 Å². The molecule has 0 bridgehead atoms. The molecule has 0 N–H and O–H groups in total. The second-order valence-electron chi connectivity index (χ2n) is 11.8. The molecule has 0 fully saturated rings. The van der Waals surface area contributed by atoms with E-state index in [9.17, 15) is 0 Å². The zero-order valence-electron chi connectivity index (χ0n) is 25.6. The number of anilines is 3. The summed E-state index contributed by atoms with van der Waals surface area (Å²) in [5.74, 6) is 0. The Morgan fingerprint density at radius 2 is 1.04 bits per heavy atom. The number of fused-ring (bicyclic) bond motifs is 8. The zero-order valence-corrected chi connectivity index (χ0v) is 25.6. The summed E-state index contributed by atoms with van der Waals surface area (Å²) < 4.78 is 4.92. The largest absolute Gasteiger partial charge is 0.310 e. The summed E-state index contributed by atoms with van der Waals surface area (Å²) in [6.07, 6.45) is 6.36. The van der Waals surface area contributed by atoms with Crippen LogP contribution >= 0.6 is 0 Å². The summed E-state index contributed by atoms with van der Waals surface area (Å²) in [4.78, 5) is 2.34. The highest BCUT2D eigenvalue weighted by Gasteiger charge is 2.22. The average Bonchev–Trinajstić information content (AvgIpc) is 3.61. The molecule has 0 aliphatic heterocycles. The second kappa shape index (κ2) is 10.3. The molecule has 0 saturated carbocycles. The van der Waals surface area contributed by atoms with Crippen LogP contribution in [0.4, 0.5) is 17.1 Å². The molecule has 218 valence electrons. The Bertz CT molecular complexity index is 2620. The van der Waals surface area contributed by atoms with Crippen molar-refractivity contribution < 1.29 is 0 Å². The molecule has 9 aromatic rings. The average molecular weight is 590 g/mol. The minimum absolute atomic E-state index is 1.10. The van der Waals surface area contributed by atoms with Gasteiger partial charge in [-0.1, -0.05) is 104 Å². The summed E-state index contributed by atoms with van der Waals surface area (Å²) in [6, 6.07) is 50.4. The van der Waals surface area contributed by atoms with Crippen molar-refractivity contribution in [1.29, 1.82) is 0 Å². The first kappa shape index (κ1) is 26.4. The molecule has 0 radical (unpaired) electrons. The first-order valence-corrected chi connectivity index (χ1v) is 15.8. The van der Waals surface area contributed by atoms with E-state index in [4.69, 9.17) is 0 Å². The SMILES string of the molecule is C=Cc1c(/C=C\C)c2ccc3c4ccccc4n4c5ccc(N(c6ccccc6)c6ccccc6)cc5c5ccccc5n1c2c34. The van der Waals surface area contributed by atoms with Crippen molar-refractivity contribution in [2.24, 2.45) is 0 Å². The van der Waals surface area contributed by atoms with Gasteiger partial charge in [0.05, 0.1) is 33.3 Å². The zero-order chi connectivity index (χ0) is 30.8. The van der Waals surface area contributed by atoms with Crippen molar-refractivity contribution in [2.45, 2.75) is 6.92 Å². The predicted octanol–water partition coefficient (Wildman–Crippen LogP) is 12.0. The van der Waals surface area contributed by atoms with E-state index in [-0.39, 0.29) is 0 Å². The van der Waals surface area contributed by atoms with E-state index in [1.807, 2.05) is 6.08 Å². The molecule has 3 heteroatoms. The Kier molecular flexibility index (Phi) is 5.87. The van der Waals surface area contributed by atoms with Crippen LogP contribution < -0.4 is 4.90 Å². The molecule has 0 unspecified atom stereocenters. The number of benzene rings is 6. The quantitative estimate of drug-likeness (QED) is 0.194. The standard InChI is InChI=1S/C43H31N3/c1-3-15-32-35-25-26-36-33-20-11-13-22-39(33)46-41-27-24-31(44(29-16-7-5-8-17-29)30-18-9-6-10-19-30)28-37(41)34-21-12-14-23-40(34)45(38(32)4-2)42(35)43(36)46/h3-28H,2H2,1H3/b15-3-.